The standard InChI is InChI=1S/C17H19ClN2O3S2/c1-13-4-5-15(12-16(13)18)25(22,23)20-8-6-19(7-9-20)17(21)11-14-3-2-10-24-14/h2-5,10,12H,6-9,11H2,1H3. The van der Waals surface area contributed by atoms with Crippen molar-refractivity contribution in [2.24, 2.45) is 0 Å². The molecule has 0 spiro atoms. The fourth-order valence-corrected chi connectivity index (χ4v) is 5.13. The van der Waals surface area contributed by atoms with E-state index in [2.05, 4.69) is 0 Å². The minimum Gasteiger partial charge on any atom is -0.340 e. The molecular formula is C17H19ClN2O3S2. The van der Waals surface area contributed by atoms with Gasteiger partial charge in [0.2, 0.25) is 15.9 Å². The number of benzene rings is 1. The largest absolute Gasteiger partial charge is 0.340 e. The smallest absolute Gasteiger partial charge is 0.243 e. The third-order valence-electron chi connectivity index (χ3n) is 4.28. The van der Waals surface area contributed by atoms with Gasteiger partial charge in [0, 0.05) is 36.1 Å². The van der Waals surface area contributed by atoms with Gasteiger partial charge in [-0.1, -0.05) is 23.7 Å². The van der Waals surface area contributed by atoms with Gasteiger partial charge in [-0.05, 0) is 36.1 Å². The van der Waals surface area contributed by atoms with Gasteiger partial charge in [-0.3, -0.25) is 4.79 Å². The molecule has 0 atom stereocenters. The Morgan fingerprint density at radius 1 is 1.20 bits per heavy atom. The molecule has 0 radical (unpaired) electrons. The molecule has 8 heteroatoms. The maximum atomic E-state index is 12.7. The Morgan fingerprint density at radius 3 is 2.52 bits per heavy atom. The van der Waals surface area contributed by atoms with Crippen LogP contribution in [0.25, 0.3) is 0 Å². The van der Waals surface area contributed by atoms with Gasteiger partial charge in [-0.15, -0.1) is 11.3 Å². The van der Waals surface area contributed by atoms with Crippen molar-refractivity contribution in [3.05, 3.63) is 51.2 Å². The summed E-state index contributed by atoms with van der Waals surface area (Å²) in [4.78, 5) is 15.3. The first kappa shape index (κ1) is 18.4. The molecular weight excluding hydrogens is 380 g/mol. The number of carbonyl (C=O) groups excluding carboxylic acids is 1. The highest BCUT2D eigenvalue weighted by atomic mass is 35.5. The van der Waals surface area contributed by atoms with Crippen molar-refractivity contribution >= 4 is 38.9 Å². The third-order valence-corrected chi connectivity index (χ3v) is 7.46. The summed E-state index contributed by atoms with van der Waals surface area (Å²) in [6, 6.07) is 8.62. The number of sulfonamides is 1. The molecule has 134 valence electrons. The molecule has 3 rings (SSSR count). The van der Waals surface area contributed by atoms with Crippen LogP contribution >= 0.6 is 22.9 Å². The lowest BCUT2D eigenvalue weighted by molar-refractivity contribution is -0.131. The van der Waals surface area contributed by atoms with E-state index in [1.54, 1.807) is 28.4 Å². The van der Waals surface area contributed by atoms with Gasteiger partial charge in [0.1, 0.15) is 0 Å². The van der Waals surface area contributed by atoms with Crippen LogP contribution in [0.1, 0.15) is 10.4 Å². The van der Waals surface area contributed by atoms with E-state index >= 15 is 0 Å². The van der Waals surface area contributed by atoms with Crippen LogP contribution in [0.5, 0.6) is 0 Å². The molecule has 0 aliphatic carbocycles. The Labute approximate surface area is 156 Å². The summed E-state index contributed by atoms with van der Waals surface area (Å²) < 4.78 is 26.9. The summed E-state index contributed by atoms with van der Waals surface area (Å²) in [6.07, 6.45) is 0.373. The van der Waals surface area contributed by atoms with E-state index in [9.17, 15) is 13.2 Å². The van der Waals surface area contributed by atoms with Crippen molar-refractivity contribution in [3.8, 4) is 0 Å². The average Bonchev–Trinajstić information content (AvgIpc) is 3.10. The Morgan fingerprint density at radius 2 is 1.92 bits per heavy atom. The first-order valence-electron chi connectivity index (χ1n) is 7.94. The van der Waals surface area contributed by atoms with Crippen LogP contribution in [-0.4, -0.2) is 49.7 Å². The molecule has 1 aromatic carbocycles. The monoisotopic (exact) mass is 398 g/mol. The molecule has 1 aliphatic heterocycles. The number of hydrogen-bond donors (Lipinski definition) is 0. The highest BCUT2D eigenvalue weighted by Gasteiger charge is 2.30. The van der Waals surface area contributed by atoms with Crippen molar-refractivity contribution < 1.29 is 13.2 Å². The number of nitrogens with zero attached hydrogens (tertiary/aromatic N) is 2. The number of piperazine rings is 1. The highest BCUT2D eigenvalue weighted by molar-refractivity contribution is 7.89. The molecule has 0 bridgehead atoms. The lowest BCUT2D eigenvalue weighted by Crippen LogP contribution is -2.50. The third kappa shape index (κ3) is 4.06. The van der Waals surface area contributed by atoms with Crippen LogP contribution in [0.4, 0.5) is 0 Å². The lowest BCUT2D eigenvalue weighted by atomic mass is 10.2. The lowest BCUT2D eigenvalue weighted by Gasteiger charge is -2.34. The van der Waals surface area contributed by atoms with Crippen LogP contribution in [0.3, 0.4) is 0 Å². The van der Waals surface area contributed by atoms with Gasteiger partial charge in [0.25, 0.3) is 0 Å². The normalized spacial score (nSPS) is 16.2. The topological polar surface area (TPSA) is 57.7 Å². The van der Waals surface area contributed by atoms with Crippen LogP contribution in [0, 0.1) is 6.92 Å². The zero-order chi connectivity index (χ0) is 18.0. The molecule has 1 aromatic heterocycles. The predicted octanol–water partition coefficient (Wildman–Crippen LogP) is 2.79. The molecule has 25 heavy (non-hydrogen) atoms. The maximum Gasteiger partial charge on any atom is 0.243 e. The van der Waals surface area contributed by atoms with E-state index in [1.165, 1.54) is 10.4 Å². The van der Waals surface area contributed by atoms with Gasteiger partial charge >= 0.3 is 0 Å². The summed E-state index contributed by atoms with van der Waals surface area (Å²) in [7, 11) is -3.59. The Hall–Kier alpha value is -1.41. The number of halogens is 1. The quantitative estimate of drug-likeness (QED) is 0.795. The SMILES string of the molecule is Cc1ccc(S(=O)(=O)N2CCN(C(=O)Cc3cccs3)CC2)cc1Cl. The highest BCUT2D eigenvalue weighted by Crippen LogP contribution is 2.23. The summed E-state index contributed by atoms with van der Waals surface area (Å²) in [6.45, 7) is 3.23. The second-order valence-electron chi connectivity index (χ2n) is 5.95. The zero-order valence-electron chi connectivity index (χ0n) is 13.8. The van der Waals surface area contributed by atoms with E-state index in [4.69, 9.17) is 11.6 Å². The van der Waals surface area contributed by atoms with Gasteiger partial charge in [0.15, 0.2) is 0 Å². The number of hydrogen-bond acceptors (Lipinski definition) is 4. The minimum atomic E-state index is -3.59. The number of aryl methyl sites for hydroxylation is 1. The van der Waals surface area contributed by atoms with Gasteiger partial charge in [-0.2, -0.15) is 4.31 Å². The van der Waals surface area contributed by atoms with Gasteiger partial charge in [-0.25, -0.2) is 8.42 Å². The maximum absolute atomic E-state index is 12.7. The van der Waals surface area contributed by atoms with Gasteiger partial charge in [0.05, 0.1) is 11.3 Å². The van der Waals surface area contributed by atoms with E-state index in [1.807, 2.05) is 24.4 Å². The van der Waals surface area contributed by atoms with Crippen LogP contribution < -0.4 is 0 Å². The summed E-state index contributed by atoms with van der Waals surface area (Å²) in [5.41, 5.74) is 0.838. The van der Waals surface area contributed by atoms with E-state index < -0.39 is 10.0 Å². The fraction of sp³-hybridized carbons (Fsp3) is 0.353. The van der Waals surface area contributed by atoms with E-state index in [-0.39, 0.29) is 10.8 Å². The van der Waals surface area contributed by atoms with Crippen LogP contribution in [0.15, 0.2) is 40.6 Å². The number of rotatable bonds is 4. The van der Waals surface area contributed by atoms with Crippen molar-refractivity contribution in [1.82, 2.24) is 9.21 Å². The number of carbonyl (C=O) groups is 1. The molecule has 1 fully saturated rings. The molecule has 1 aliphatic rings. The van der Waals surface area contributed by atoms with Crippen LogP contribution in [-0.2, 0) is 21.2 Å². The van der Waals surface area contributed by atoms with Gasteiger partial charge < -0.3 is 4.90 Å². The fourth-order valence-electron chi connectivity index (χ4n) is 2.73. The molecule has 0 unspecified atom stereocenters. The van der Waals surface area contributed by atoms with Crippen molar-refractivity contribution in [2.45, 2.75) is 18.2 Å². The summed E-state index contributed by atoms with van der Waals surface area (Å²) in [5.74, 6) is 0.0397. The Balaban J connectivity index is 1.64. The van der Waals surface area contributed by atoms with Crippen molar-refractivity contribution in [2.75, 3.05) is 26.2 Å². The second kappa shape index (κ2) is 7.45. The number of thiophene rings is 1. The molecule has 0 N–H and O–H groups in total. The molecule has 1 saturated heterocycles. The van der Waals surface area contributed by atoms with Crippen molar-refractivity contribution in [3.63, 3.8) is 0 Å². The first-order valence-corrected chi connectivity index (χ1v) is 10.6. The van der Waals surface area contributed by atoms with E-state index in [0.717, 1.165) is 10.4 Å². The van der Waals surface area contributed by atoms with Crippen molar-refractivity contribution in [1.29, 1.82) is 0 Å². The predicted molar refractivity (Wildman–Crippen MR) is 99.6 cm³/mol. The summed E-state index contributed by atoms with van der Waals surface area (Å²) in [5, 5.41) is 2.38. The zero-order valence-corrected chi connectivity index (χ0v) is 16.2. The minimum absolute atomic E-state index is 0.0397. The molecule has 1 amide bonds. The average molecular weight is 399 g/mol. The van der Waals surface area contributed by atoms with E-state index in [0.29, 0.717) is 37.6 Å². The summed E-state index contributed by atoms with van der Waals surface area (Å²) >= 11 is 7.61. The Bertz CT molecular complexity index is 858. The molecule has 2 heterocycles. The Kier molecular flexibility index (Phi) is 5.48. The second-order valence-corrected chi connectivity index (χ2v) is 9.33. The first-order chi connectivity index (χ1) is 11.9. The van der Waals surface area contributed by atoms with Crippen LogP contribution in [0.2, 0.25) is 5.02 Å². The molecule has 0 saturated carbocycles. The molecule has 5 nitrogen and oxygen atoms in total. The molecule has 2 aromatic rings. The number of amides is 1.